The van der Waals surface area contributed by atoms with E-state index in [0.29, 0.717) is 31.3 Å². The molecule has 1 aromatic heterocycles. The molecule has 0 aromatic carbocycles. The van der Waals surface area contributed by atoms with Crippen LogP contribution in [0.2, 0.25) is 37.8 Å². The molecular weight excluding hydrogens is 667 g/mol. The van der Waals surface area contributed by atoms with Crippen LogP contribution in [0, 0.1) is 11.8 Å². The van der Waals surface area contributed by atoms with E-state index in [9.17, 15) is 19.2 Å². The Bertz CT molecular complexity index is 1480. The van der Waals surface area contributed by atoms with Crippen LogP contribution < -0.4 is 10.7 Å². The number of ether oxygens (including phenoxy) is 1. The van der Waals surface area contributed by atoms with Gasteiger partial charge in [0.15, 0.2) is 14.0 Å². The number of nitrogens with one attached hydrogen (secondary N) is 1. The summed E-state index contributed by atoms with van der Waals surface area (Å²) in [4.78, 5) is 60.5. The van der Waals surface area contributed by atoms with Crippen molar-refractivity contribution in [3.05, 3.63) is 47.5 Å². The number of hydrogen-bond acceptors (Lipinski definition) is 8. The first-order valence-corrected chi connectivity index (χ1v) is 24.6. The molecule has 2 aliphatic heterocycles. The highest BCUT2D eigenvalue weighted by Gasteiger charge is 2.42. The van der Waals surface area contributed by atoms with Crippen molar-refractivity contribution in [3.63, 3.8) is 0 Å². The van der Waals surface area contributed by atoms with Gasteiger partial charge in [0.2, 0.25) is 11.8 Å². The molecule has 3 rings (SSSR count). The zero-order valence-corrected chi connectivity index (χ0v) is 34.5. The van der Waals surface area contributed by atoms with Crippen molar-refractivity contribution in [2.45, 2.75) is 137 Å². The monoisotopic (exact) mass is 727 g/mol. The summed E-state index contributed by atoms with van der Waals surface area (Å²) in [5.74, 6) is -1.22. The normalized spacial score (nSPS) is 27.1. The maximum atomic E-state index is 14.2. The van der Waals surface area contributed by atoms with Crippen molar-refractivity contribution in [1.82, 2.24) is 15.2 Å². The van der Waals surface area contributed by atoms with E-state index in [1.807, 2.05) is 45.9 Å². The number of amides is 2. The maximum absolute atomic E-state index is 14.2. The van der Waals surface area contributed by atoms with Crippen LogP contribution in [0.5, 0.6) is 0 Å². The van der Waals surface area contributed by atoms with Crippen LogP contribution in [0.3, 0.4) is 0 Å². The van der Waals surface area contributed by atoms with E-state index >= 15 is 0 Å². The molecule has 278 valence electrons. The second kappa shape index (κ2) is 16.9. The van der Waals surface area contributed by atoms with Gasteiger partial charge in [-0.3, -0.25) is 14.4 Å². The summed E-state index contributed by atoms with van der Waals surface area (Å²) in [5, 5.41) is 3.33. The van der Waals surface area contributed by atoms with E-state index in [1.54, 1.807) is 11.0 Å². The van der Waals surface area contributed by atoms with Gasteiger partial charge in [-0.05, 0) is 49.9 Å². The zero-order valence-electron chi connectivity index (χ0n) is 32.5. The smallest absolute Gasteiger partial charge is 0.329 e. The van der Waals surface area contributed by atoms with Crippen LogP contribution in [0.25, 0.3) is 0 Å². The van der Waals surface area contributed by atoms with Crippen molar-refractivity contribution >= 4 is 45.3 Å². The van der Waals surface area contributed by atoms with E-state index in [-0.39, 0.29) is 58.9 Å². The number of cyclic esters (lactones) is 1. The van der Waals surface area contributed by atoms with Crippen LogP contribution in [0.4, 0.5) is 0 Å². The third kappa shape index (κ3) is 11.0. The highest BCUT2D eigenvalue weighted by atomic mass is 28.4. The number of rotatable bonds is 5. The Morgan fingerprint density at radius 1 is 1.10 bits per heavy atom. The molecule has 0 saturated carbocycles. The van der Waals surface area contributed by atoms with Crippen LogP contribution in [-0.2, 0) is 30.0 Å². The Morgan fingerprint density at radius 2 is 1.78 bits per heavy atom. The fourth-order valence-electron chi connectivity index (χ4n) is 5.99. The first kappa shape index (κ1) is 41.3. The topological polar surface area (TPSA) is 128 Å². The van der Waals surface area contributed by atoms with Crippen molar-refractivity contribution in [1.29, 1.82) is 0 Å². The number of Topliss-reactive ketones (excluding diaryl/α,β-unsaturated/α-hetero) is 1. The number of aromatic nitrogens is 1. The molecule has 0 aliphatic carbocycles. The summed E-state index contributed by atoms with van der Waals surface area (Å²) in [6, 6.07) is -0.763. The van der Waals surface area contributed by atoms with Gasteiger partial charge >= 0.3 is 5.97 Å². The fourth-order valence-corrected chi connectivity index (χ4v) is 8.55. The Morgan fingerprint density at radius 3 is 2.40 bits per heavy atom. The highest BCUT2D eigenvalue weighted by molar-refractivity contribution is 6.88. The van der Waals surface area contributed by atoms with Gasteiger partial charge in [0.1, 0.15) is 31.4 Å². The van der Waals surface area contributed by atoms with Crippen LogP contribution in [-0.4, -0.2) is 81.2 Å². The van der Waals surface area contributed by atoms with E-state index in [2.05, 4.69) is 63.8 Å². The van der Waals surface area contributed by atoms with Gasteiger partial charge in [-0.25, -0.2) is 9.78 Å². The minimum absolute atomic E-state index is 0.0259. The average molecular weight is 728 g/mol. The predicted octanol–water partition coefficient (Wildman–Crippen LogP) is 6.50. The van der Waals surface area contributed by atoms with Gasteiger partial charge in [-0.1, -0.05) is 97.5 Å². The van der Waals surface area contributed by atoms with Gasteiger partial charge in [-0.15, -0.1) is 0 Å². The first-order chi connectivity index (χ1) is 23.1. The number of carbonyl (C=O) groups excluding carboxylic acids is 4. The van der Waals surface area contributed by atoms with E-state index in [1.165, 1.54) is 6.08 Å². The van der Waals surface area contributed by atoms with Gasteiger partial charge in [0, 0.05) is 25.4 Å². The number of ketones is 1. The molecule has 10 nitrogen and oxygen atoms in total. The van der Waals surface area contributed by atoms with Crippen molar-refractivity contribution < 1.29 is 32.8 Å². The lowest BCUT2D eigenvalue weighted by Crippen LogP contribution is -2.47. The molecule has 0 spiro atoms. The Labute approximate surface area is 301 Å². The lowest BCUT2D eigenvalue weighted by molar-refractivity contribution is -0.158. The number of hydrogen-bond donors (Lipinski definition) is 1. The number of esters is 1. The SMILES string of the molecule is CCC(C)[C@H]1OC(=O)[C@H]2CCCN2C(=O)c2nc(oc2[Si](C)(C)C)CC(=O)C[C@H](O[Si](C)(C)C(C)(C)C)/C=C(C)/C=C/CNC(=O)/C=C/[C@H]1C. The first-order valence-electron chi connectivity index (χ1n) is 18.2. The second-order valence-corrected chi connectivity index (χ2v) is 26.3. The van der Waals surface area contributed by atoms with Gasteiger partial charge in [0.05, 0.1) is 12.5 Å². The number of fused-ring (bicyclic) bond motifs is 3. The van der Waals surface area contributed by atoms with E-state index in [4.69, 9.17) is 13.6 Å². The third-order valence-electron chi connectivity index (χ3n) is 10.1. The number of carbonyl (C=O) groups is 4. The summed E-state index contributed by atoms with van der Waals surface area (Å²) in [5.41, 5.74) is 1.09. The summed E-state index contributed by atoms with van der Waals surface area (Å²) < 4.78 is 19.1. The minimum Gasteiger partial charge on any atom is -0.460 e. The molecule has 50 heavy (non-hydrogen) atoms. The number of oxazole rings is 1. The van der Waals surface area contributed by atoms with E-state index < -0.39 is 40.6 Å². The average Bonchev–Trinajstić information content (AvgIpc) is 3.67. The Hall–Kier alpha value is -3.10. The van der Waals surface area contributed by atoms with Gasteiger partial charge in [0.25, 0.3) is 5.91 Å². The van der Waals surface area contributed by atoms with Gasteiger partial charge in [-0.2, -0.15) is 0 Å². The Balaban J connectivity index is 2.07. The van der Waals surface area contributed by atoms with Crippen molar-refractivity contribution in [2.75, 3.05) is 13.1 Å². The fraction of sp³-hybridized carbons (Fsp3) is 0.658. The number of allylic oxidation sites excluding steroid dienone is 2. The molecule has 1 N–H and O–H groups in total. The molecule has 2 bridgehead atoms. The number of nitrogens with zero attached hydrogens (tertiary/aromatic N) is 2. The second-order valence-electron chi connectivity index (χ2n) is 16.6. The minimum atomic E-state index is -2.26. The lowest BCUT2D eigenvalue weighted by atomic mass is 9.91. The molecule has 12 heteroatoms. The summed E-state index contributed by atoms with van der Waals surface area (Å²) >= 11 is 0. The van der Waals surface area contributed by atoms with Crippen LogP contribution in [0.1, 0.15) is 90.5 Å². The van der Waals surface area contributed by atoms with Crippen LogP contribution >= 0.6 is 0 Å². The largest absolute Gasteiger partial charge is 0.460 e. The summed E-state index contributed by atoms with van der Waals surface area (Å²) in [6.45, 7) is 25.6. The molecule has 5 atom stereocenters. The molecule has 1 aromatic rings. The molecule has 2 amide bonds. The van der Waals surface area contributed by atoms with E-state index in [0.717, 1.165) is 12.0 Å². The maximum Gasteiger partial charge on any atom is 0.329 e. The van der Waals surface area contributed by atoms with Gasteiger partial charge < -0.3 is 23.8 Å². The zero-order chi connectivity index (χ0) is 37.6. The Kier molecular flexibility index (Phi) is 14.0. The highest BCUT2D eigenvalue weighted by Crippen LogP contribution is 2.38. The molecule has 0 radical (unpaired) electrons. The summed E-state index contributed by atoms with van der Waals surface area (Å²) in [7, 11) is -4.50. The molecule has 1 unspecified atom stereocenters. The molecule has 1 fully saturated rings. The molecule has 2 aliphatic rings. The third-order valence-corrected chi connectivity index (χ3v) is 16.3. The predicted molar refractivity (Wildman–Crippen MR) is 202 cm³/mol. The molecular formula is C38H61N3O7Si2. The lowest BCUT2D eigenvalue weighted by Gasteiger charge is -2.38. The van der Waals surface area contributed by atoms with Crippen molar-refractivity contribution in [2.24, 2.45) is 11.8 Å². The standard InChI is InChI=1S/C38H61N3O7Si2/c1-13-26(3)34-27(4)18-19-31(43)39-20-14-16-25(2)22-29(48-50(11,12)38(5,6)7)23-28(42)24-32-40-33(37(46-32)49(8,9)10)35(44)41-21-15-17-30(41)36(45)47-34/h14,16,18-19,22,26-27,29-30,34H,13,15,17,20-21,23-24H2,1-12H3,(H,39,43)/b16-14+,19-18+,25-22+/t26?,27-,29-,30-,34-/m1/s1. The molecule has 3 heterocycles. The summed E-state index contributed by atoms with van der Waals surface area (Å²) in [6.07, 6.45) is 9.98. The van der Waals surface area contributed by atoms with Crippen LogP contribution in [0.15, 0.2) is 40.4 Å². The van der Waals surface area contributed by atoms with Crippen molar-refractivity contribution in [3.8, 4) is 0 Å². The molecule has 1 saturated heterocycles. The quantitative estimate of drug-likeness (QED) is 0.269.